The van der Waals surface area contributed by atoms with Crippen LogP contribution in [0.25, 0.3) is 16.8 Å². The van der Waals surface area contributed by atoms with E-state index >= 15 is 0 Å². The van der Waals surface area contributed by atoms with Crippen molar-refractivity contribution in [1.29, 1.82) is 0 Å². The standard InChI is InChI=1S/C30H34ClN5O2S/c1-4-26-29(34-30(37)32-17-22-7-10-27(38-3)25(31)16-22)36-19-24(15-20(2)28(36)33-26)23-8-5-21(6-9-23)18-35-11-13-39-14-12-35/h5-10,15-16,19H,4,11-14,17-18H2,1-3H3,(H2,32,34,37). The van der Waals surface area contributed by atoms with Gasteiger partial charge in [-0.3, -0.25) is 14.6 Å². The zero-order valence-electron chi connectivity index (χ0n) is 22.6. The summed E-state index contributed by atoms with van der Waals surface area (Å²) in [6.45, 7) is 7.73. The van der Waals surface area contributed by atoms with E-state index in [1.165, 1.54) is 17.1 Å². The molecule has 7 nitrogen and oxygen atoms in total. The van der Waals surface area contributed by atoms with Crippen LogP contribution < -0.4 is 15.4 Å². The Kier molecular flexibility index (Phi) is 8.65. The topological polar surface area (TPSA) is 70.9 Å². The van der Waals surface area contributed by atoms with Crippen LogP contribution in [0.5, 0.6) is 5.75 Å². The normalized spacial score (nSPS) is 13.9. The average molecular weight is 564 g/mol. The number of hydrogen-bond donors (Lipinski definition) is 2. The molecule has 1 aliphatic heterocycles. The number of pyridine rings is 1. The minimum atomic E-state index is -0.304. The summed E-state index contributed by atoms with van der Waals surface area (Å²) in [5, 5.41) is 6.47. The van der Waals surface area contributed by atoms with Crippen LogP contribution in [0, 0.1) is 6.92 Å². The number of methoxy groups -OCH3 is 1. The highest BCUT2D eigenvalue weighted by Crippen LogP contribution is 2.28. The molecule has 0 saturated carbocycles. The van der Waals surface area contributed by atoms with Gasteiger partial charge in [0.25, 0.3) is 0 Å². The van der Waals surface area contributed by atoms with Crippen LogP contribution in [-0.4, -0.2) is 52.0 Å². The van der Waals surface area contributed by atoms with Crippen LogP contribution in [0.15, 0.2) is 54.7 Å². The van der Waals surface area contributed by atoms with Crippen LogP contribution in [0.3, 0.4) is 0 Å². The summed E-state index contributed by atoms with van der Waals surface area (Å²) in [5.41, 5.74) is 7.16. The Labute approximate surface area is 238 Å². The monoisotopic (exact) mass is 563 g/mol. The predicted octanol–water partition coefficient (Wildman–Crippen LogP) is 6.40. The number of imidazole rings is 1. The SMILES string of the molecule is CCc1nc2c(C)cc(-c3ccc(CN4CCSCC4)cc3)cn2c1NC(=O)NCc1ccc(OC)c(Cl)c1. The van der Waals surface area contributed by atoms with E-state index in [1.807, 2.05) is 29.2 Å². The first-order valence-corrected chi connectivity index (χ1v) is 14.8. The molecule has 2 amide bonds. The van der Waals surface area contributed by atoms with Gasteiger partial charge in [-0.05, 0) is 59.4 Å². The number of aryl methyl sites for hydroxylation is 2. The van der Waals surface area contributed by atoms with E-state index in [9.17, 15) is 4.79 Å². The minimum absolute atomic E-state index is 0.304. The molecular formula is C30H34ClN5O2S. The third-order valence-electron chi connectivity index (χ3n) is 7.01. The summed E-state index contributed by atoms with van der Waals surface area (Å²) >= 11 is 8.26. The molecule has 5 rings (SSSR count). The summed E-state index contributed by atoms with van der Waals surface area (Å²) < 4.78 is 7.20. The van der Waals surface area contributed by atoms with Crippen molar-refractivity contribution in [3.8, 4) is 16.9 Å². The van der Waals surface area contributed by atoms with Gasteiger partial charge in [0.05, 0.1) is 17.8 Å². The summed E-state index contributed by atoms with van der Waals surface area (Å²) in [6.07, 6.45) is 2.76. The van der Waals surface area contributed by atoms with E-state index in [0.29, 0.717) is 29.6 Å². The highest BCUT2D eigenvalue weighted by atomic mass is 35.5. The van der Waals surface area contributed by atoms with Gasteiger partial charge >= 0.3 is 6.03 Å². The Bertz CT molecular complexity index is 1460. The molecule has 0 aliphatic carbocycles. The highest BCUT2D eigenvalue weighted by molar-refractivity contribution is 7.99. The fourth-order valence-corrected chi connectivity index (χ4v) is 6.13. The van der Waals surface area contributed by atoms with E-state index in [0.717, 1.165) is 53.2 Å². The number of nitrogens with one attached hydrogen (secondary N) is 2. The van der Waals surface area contributed by atoms with E-state index in [1.54, 1.807) is 19.2 Å². The third-order valence-corrected chi connectivity index (χ3v) is 8.25. The Balaban J connectivity index is 1.34. The molecule has 0 atom stereocenters. The molecular weight excluding hydrogens is 530 g/mol. The lowest BCUT2D eigenvalue weighted by Crippen LogP contribution is -2.31. The van der Waals surface area contributed by atoms with Crippen molar-refractivity contribution in [3.63, 3.8) is 0 Å². The second-order valence-corrected chi connectivity index (χ2v) is 11.4. The van der Waals surface area contributed by atoms with Crippen molar-refractivity contribution in [3.05, 3.63) is 82.1 Å². The molecule has 0 bridgehead atoms. The van der Waals surface area contributed by atoms with Gasteiger partial charge in [0, 0.05) is 43.9 Å². The van der Waals surface area contributed by atoms with E-state index in [-0.39, 0.29) is 6.03 Å². The van der Waals surface area contributed by atoms with Gasteiger partial charge in [-0.2, -0.15) is 11.8 Å². The fourth-order valence-electron chi connectivity index (χ4n) is 4.87. The van der Waals surface area contributed by atoms with Gasteiger partial charge in [0.15, 0.2) is 0 Å². The van der Waals surface area contributed by atoms with Gasteiger partial charge in [-0.1, -0.05) is 48.9 Å². The van der Waals surface area contributed by atoms with Gasteiger partial charge in [-0.15, -0.1) is 0 Å². The number of halogens is 1. The van der Waals surface area contributed by atoms with Crippen LogP contribution in [0.4, 0.5) is 10.6 Å². The Morgan fingerprint density at radius 3 is 2.51 bits per heavy atom. The molecule has 3 heterocycles. The van der Waals surface area contributed by atoms with E-state index in [4.69, 9.17) is 21.3 Å². The molecule has 2 N–H and O–H groups in total. The second-order valence-electron chi connectivity index (χ2n) is 9.73. The zero-order valence-corrected chi connectivity index (χ0v) is 24.2. The molecule has 39 heavy (non-hydrogen) atoms. The third kappa shape index (κ3) is 6.35. The van der Waals surface area contributed by atoms with Gasteiger partial charge in [-0.25, -0.2) is 9.78 Å². The van der Waals surface area contributed by atoms with Crippen molar-refractivity contribution in [1.82, 2.24) is 19.6 Å². The zero-order chi connectivity index (χ0) is 27.4. The Morgan fingerprint density at radius 2 is 1.82 bits per heavy atom. The van der Waals surface area contributed by atoms with Gasteiger partial charge in [0.2, 0.25) is 0 Å². The van der Waals surface area contributed by atoms with E-state index < -0.39 is 0 Å². The lowest BCUT2D eigenvalue weighted by Gasteiger charge is -2.26. The molecule has 0 unspecified atom stereocenters. The first kappa shape index (κ1) is 27.4. The molecule has 0 radical (unpaired) electrons. The number of aromatic nitrogens is 2. The second kappa shape index (κ2) is 12.3. The number of ether oxygens (including phenoxy) is 1. The van der Waals surface area contributed by atoms with Crippen molar-refractivity contribution >= 4 is 40.9 Å². The maximum atomic E-state index is 12.9. The number of amides is 2. The number of rotatable bonds is 8. The Morgan fingerprint density at radius 1 is 1.08 bits per heavy atom. The smallest absolute Gasteiger partial charge is 0.320 e. The molecule has 1 aliphatic rings. The molecule has 1 saturated heterocycles. The van der Waals surface area contributed by atoms with Gasteiger partial charge in [0.1, 0.15) is 17.2 Å². The van der Waals surface area contributed by atoms with Crippen molar-refractivity contribution in [2.45, 2.75) is 33.4 Å². The van der Waals surface area contributed by atoms with Crippen molar-refractivity contribution < 1.29 is 9.53 Å². The number of carbonyl (C=O) groups excluding carboxylic acids is 1. The van der Waals surface area contributed by atoms with Crippen LogP contribution >= 0.6 is 23.4 Å². The lowest BCUT2D eigenvalue weighted by molar-refractivity contribution is 0.251. The highest BCUT2D eigenvalue weighted by Gasteiger charge is 2.17. The van der Waals surface area contributed by atoms with Crippen LogP contribution in [0.2, 0.25) is 5.02 Å². The average Bonchev–Trinajstić information content (AvgIpc) is 3.30. The van der Waals surface area contributed by atoms with Crippen molar-refractivity contribution in [2.75, 3.05) is 37.0 Å². The summed E-state index contributed by atoms with van der Waals surface area (Å²) in [5.74, 6) is 3.71. The summed E-state index contributed by atoms with van der Waals surface area (Å²) in [7, 11) is 1.58. The number of fused-ring (bicyclic) bond motifs is 1. The minimum Gasteiger partial charge on any atom is -0.495 e. The number of urea groups is 1. The lowest BCUT2D eigenvalue weighted by atomic mass is 10.0. The fraction of sp³-hybridized carbons (Fsp3) is 0.333. The van der Waals surface area contributed by atoms with Crippen LogP contribution in [0.1, 0.15) is 29.3 Å². The summed E-state index contributed by atoms with van der Waals surface area (Å²) in [4.78, 5) is 20.3. The Hall–Kier alpha value is -3.20. The van der Waals surface area contributed by atoms with E-state index in [2.05, 4.69) is 59.0 Å². The quantitative estimate of drug-likeness (QED) is 0.259. The molecule has 1 fully saturated rings. The predicted molar refractivity (Wildman–Crippen MR) is 161 cm³/mol. The molecule has 0 spiro atoms. The molecule has 4 aromatic rings. The number of thioether (sulfide) groups is 1. The molecule has 204 valence electrons. The first-order chi connectivity index (χ1) is 18.9. The van der Waals surface area contributed by atoms with Crippen molar-refractivity contribution in [2.24, 2.45) is 0 Å². The number of nitrogens with zero attached hydrogens (tertiary/aromatic N) is 3. The number of benzene rings is 2. The number of carbonyl (C=O) groups is 1. The largest absolute Gasteiger partial charge is 0.495 e. The summed E-state index contributed by atoms with van der Waals surface area (Å²) in [6, 6.07) is 16.1. The molecule has 2 aromatic heterocycles. The maximum absolute atomic E-state index is 12.9. The van der Waals surface area contributed by atoms with Crippen LogP contribution in [-0.2, 0) is 19.5 Å². The molecule has 9 heteroatoms. The van der Waals surface area contributed by atoms with Gasteiger partial charge < -0.3 is 10.1 Å². The molecule has 2 aromatic carbocycles. The number of hydrogen-bond acceptors (Lipinski definition) is 5. The first-order valence-electron chi connectivity index (χ1n) is 13.2. The number of anilines is 1. The maximum Gasteiger partial charge on any atom is 0.320 e.